The molecule has 22 heavy (non-hydrogen) atoms. The Morgan fingerprint density at radius 2 is 2.23 bits per heavy atom. The second-order valence-corrected chi connectivity index (χ2v) is 6.05. The van der Waals surface area contributed by atoms with Crippen LogP contribution in [-0.2, 0) is 4.79 Å². The maximum atomic E-state index is 12.2. The van der Waals surface area contributed by atoms with Gasteiger partial charge in [-0.05, 0) is 32.8 Å². The third-order valence-corrected chi connectivity index (χ3v) is 4.55. The molecule has 0 unspecified atom stereocenters. The topological polar surface area (TPSA) is 100 Å². The summed E-state index contributed by atoms with van der Waals surface area (Å²) in [5.41, 5.74) is -0.0959. The molecule has 2 fully saturated rings. The standard InChI is InChI=1S/C15H19N3O4/c1-8-6-9(2)22-11(8)12(19)16-7-10-4-3-5-15(10)13(20)17-14(21)18-15/h6,10H,3-5,7H2,1-2H3,(H,16,19)(H2,17,18,20,21)/t10-,15-/m1/s1. The van der Waals surface area contributed by atoms with Crippen molar-refractivity contribution in [2.24, 2.45) is 5.92 Å². The quantitative estimate of drug-likeness (QED) is 0.725. The van der Waals surface area contributed by atoms with E-state index < -0.39 is 11.6 Å². The molecular weight excluding hydrogens is 286 g/mol. The molecule has 7 heteroatoms. The molecule has 0 radical (unpaired) electrons. The Bertz CT molecular complexity index is 651. The first-order valence-electron chi connectivity index (χ1n) is 7.41. The lowest BCUT2D eigenvalue weighted by Gasteiger charge is -2.28. The number of urea groups is 1. The molecule has 1 aromatic heterocycles. The second kappa shape index (κ2) is 5.15. The zero-order valence-corrected chi connectivity index (χ0v) is 12.6. The lowest BCUT2D eigenvalue weighted by molar-refractivity contribution is -0.125. The van der Waals surface area contributed by atoms with Crippen LogP contribution in [-0.4, -0.2) is 29.9 Å². The van der Waals surface area contributed by atoms with Crippen LogP contribution in [0.1, 0.15) is 41.1 Å². The number of rotatable bonds is 3. The number of furan rings is 1. The summed E-state index contributed by atoms with van der Waals surface area (Å²) in [6, 6.07) is 1.34. The molecule has 1 aromatic rings. The predicted molar refractivity (Wildman–Crippen MR) is 77.3 cm³/mol. The molecule has 1 aliphatic heterocycles. The number of carbonyl (C=O) groups is 3. The Morgan fingerprint density at radius 1 is 1.45 bits per heavy atom. The van der Waals surface area contributed by atoms with Gasteiger partial charge in [-0.2, -0.15) is 0 Å². The minimum atomic E-state index is -0.876. The number of hydrogen-bond acceptors (Lipinski definition) is 4. The van der Waals surface area contributed by atoms with Gasteiger partial charge in [0.2, 0.25) is 0 Å². The molecule has 0 aromatic carbocycles. The molecule has 2 heterocycles. The minimum Gasteiger partial charge on any atom is -0.456 e. The third-order valence-electron chi connectivity index (χ3n) is 4.55. The van der Waals surface area contributed by atoms with Crippen molar-refractivity contribution in [2.45, 2.75) is 38.6 Å². The molecule has 3 N–H and O–H groups in total. The smallest absolute Gasteiger partial charge is 0.322 e. The molecule has 1 saturated carbocycles. The Balaban J connectivity index is 1.68. The number of hydrogen-bond donors (Lipinski definition) is 3. The van der Waals surface area contributed by atoms with Gasteiger partial charge in [-0.15, -0.1) is 0 Å². The van der Waals surface area contributed by atoms with Crippen LogP contribution in [0.3, 0.4) is 0 Å². The van der Waals surface area contributed by atoms with Crippen molar-refractivity contribution in [2.75, 3.05) is 6.54 Å². The van der Waals surface area contributed by atoms with Gasteiger partial charge in [0.05, 0.1) is 0 Å². The van der Waals surface area contributed by atoms with E-state index in [0.717, 1.165) is 18.4 Å². The van der Waals surface area contributed by atoms with E-state index in [1.54, 1.807) is 13.0 Å². The van der Waals surface area contributed by atoms with Crippen LogP contribution in [0.4, 0.5) is 4.79 Å². The fourth-order valence-corrected chi connectivity index (χ4v) is 3.49. The summed E-state index contributed by atoms with van der Waals surface area (Å²) in [7, 11) is 0. The van der Waals surface area contributed by atoms with Crippen molar-refractivity contribution < 1.29 is 18.8 Å². The van der Waals surface area contributed by atoms with Crippen LogP contribution in [0.15, 0.2) is 10.5 Å². The van der Waals surface area contributed by atoms with E-state index in [1.165, 1.54) is 0 Å². The Morgan fingerprint density at radius 3 is 2.82 bits per heavy atom. The van der Waals surface area contributed by atoms with Crippen LogP contribution >= 0.6 is 0 Å². The second-order valence-electron chi connectivity index (χ2n) is 6.05. The maximum Gasteiger partial charge on any atom is 0.322 e. The van der Waals surface area contributed by atoms with Gasteiger partial charge < -0.3 is 15.1 Å². The van der Waals surface area contributed by atoms with E-state index in [9.17, 15) is 14.4 Å². The summed E-state index contributed by atoms with van der Waals surface area (Å²) in [5, 5.41) is 7.84. The van der Waals surface area contributed by atoms with Crippen molar-refractivity contribution >= 4 is 17.8 Å². The highest BCUT2D eigenvalue weighted by molar-refractivity contribution is 6.07. The summed E-state index contributed by atoms with van der Waals surface area (Å²) < 4.78 is 5.39. The van der Waals surface area contributed by atoms with E-state index >= 15 is 0 Å². The van der Waals surface area contributed by atoms with E-state index in [1.807, 2.05) is 6.92 Å². The third kappa shape index (κ3) is 2.26. The molecule has 2 atom stereocenters. The first-order chi connectivity index (χ1) is 10.4. The summed E-state index contributed by atoms with van der Waals surface area (Å²) in [5.74, 6) is 0.280. The van der Waals surface area contributed by atoms with Crippen LogP contribution in [0.25, 0.3) is 0 Å². The van der Waals surface area contributed by atoms with Gasteiger partial charge in [-0.1, -0.05) is 6.42 Å². The van der Waals surface area contributed by atoms with Crippen LogP contribution in [0.5, 0.6) is 0 Å². The van der Waals surface area contributed by atoms with Gasteiger partial charge in [0.15, 0.2) is 5.76 Å². The molecule has 0 bridgehead atoms. The van der Waals surface area contributed by atoms with Crippen molar-refractivity contribution in [3.8, 4) is 0 Å². The average molecular weight is 305 g/mol. The van der Waals surface area contributed by atoms with E-state index in [0.29, 0.717) is 24.5 Å². The number of nitrogens with one attached hydrogen (secondary N) is 3. The van der Waals surface area contributed by atoms with Crippen molar-refractivity contribution in [3.63, 3.8) is 0 Å². The molecule has 1 spiro atoms. The molecule has 1 saturated heterocycles. The van der Waals surface area contributed by atoms with Crippen LogP contribution < -0.4 is 16.0 Å². The number of aryl methyl sites for hydroxylation is 2. The fraction of sp³-hybridized carbons (Fsp3) is 0.533. The normalized spacial score (nSPS) is 27.1. The molecule has 1 aliphatic carbocycles. The summed E-state index contributed by atoms with van der Waals surface area (Å²) >= 11 is 0. The largest absolute Gasteiger partial charge is 0.456 e. The molecule has 4 amide bonds. The molecule has 118 valence electrons. The average Bonchev–Trinajstić information content (AvgIpc) is 3.08. The molecule has 3 rings (SSSR count). The van der Waals surface area contributed by atoms with Gasteiger partial charge in [-0.3, -0.25) is 14.9 Å². The van der Waals surface area contributed by atoms with E-state index in [4.69, 9.17) is 4.42 Å². The highest BCUT2D eigenvalue weighted by atomic mass is 16.3. The molecule has 2 aliphatic rings. The maximum absolute atomic E-state index is 12.2. The van der Waals surface area contributed by atoms with Crippen LogP contribution in [0, 0.1) is 19.8 Å². The van der Waals surface area contributed by atoms with Crippen molar-refractivity contribution in [3.05, 3.63) is 23.2 Å². The van der Waals surface area contributed by atoms with Gasteiger partial charge in [0.1, 0.15) is 11.3 Å². The van der Waals surface area contributed by atoms with Gasteiger partial charge in [0.25, 0.3) is 11.8 Å². The van der Waals surface area contributed by atoms with Gasteiger partial charge in [-0.25, -0.2) is 4.79 Å². The summed E-state index contributed by atoms with van der Waals surface area (Å²) in [4.78, 5) is 35.7. The monoisotopic (exact) mass is 305 g/mol. The highest BCUT2D eigenvalue weighted by Gasteiger charge is 2.54. The molecular formula is C15H19N3O4. The van der Waals surface area contributed by atoms with Gasteiger partial charge >= 0.3 is 6.03 Å². The number of carbonyl (C=O) groups excluding carboxylic acids is 3. The SMILES string of the molecule is Cc1cc(C)c(C(=O)NC[C@H]2CCC[C@@]23NC(=O)NC3=O)o1. The Kier molecular flexibility index (Phi) is 3.42. The number of imide groups is 1. The van der Waals surface area contributed by atoms with E-state index in [-0.39, 0.29) is 17.7 Å². The Hall–Kier alpha value is -2.31. The van der Waals surface area contributed by atoms with Gasteiger partial charge in [0, 0.05) is 18.0 Å². The van der Waals surface area contributed by atoms with Crippen LogP contribution in [0.2, 0.25) is 0 Å². The van der Waals surface area contributed by atoms with E-state index in [2.05, 4.69) is 16.0 Å². The molecule has 7 nitrogen and oxygen atoms in total. The zero-order chi connectivity index (χ0) is 15.9. The lowest BCUT2D eigenvalue weighted by Crippen LogP contribution is -2.53. The van der Waals surface area contributed by atoms with Crippen molar-refractivity contribution in [1.29, 1.82) is 0 Å². The Labute approximate surface area is 127 Å². The first-order valence-corrected chi connectivity index (χ1v) is 7.41. The summed E-state index contributed by atoms with van der Waals surface area (Å²) in [6.45, 7) is 3.92. The van der Waals surface area contributed by atoms with Crippen molar-refractivity contribution in [1.82, 2.24) is 16.0 Å². The lowest BCUT2D eigenvalue weighted by atomic mass is 9.87. The fourth-order valence-electron chi connectivity index (χ4n) is 3.49. The number of amides is 4. The predicted octanol–water partition coefficient (Wildman–Crippen LogP) is 1.00. The first kappa shape index (κ1) is 14.6. The summed E-state index contributed by atoms with van der Waals surface area (Å²) in [6.07, 6.45) is 2.22. The zero-order valence-electron chi connectivity index (χ0n) is 12.6. The minimum absolute atomic E-state index is 0.112. The highest BCUT2D eigenvalue weighted by Crippen LogP contribution is 2.37.